The Morgan fingerprint density at radius 2 is 0.780 bits per heavy atom. The maximum Gasteiger partial charge on any atom is 2.00 e. The Labute approximate surface area is 861 Å². The van der Waals surface area contributed by atoms with E-state index in [0.717, 1.165) is 115 Å². The van der Waals surface area contributed by atoms with Gasteiger partial charge in [-0.25, -0.2) is 4.21 Å². The van der Waals surface area contributed by atoms with Crippen LogP contribution in [0.5, 0.6) is 34.5 Å². The first-order valence-corrected chi connectivity index (χ1v) is 44.0. The van der Waals surface area contributed by atoms with Crippen LogP contribution in [0.3, 0.4) is 0 Å². The van der Waals surface area contributed by atoms with Gasteiger partial charge in [0.15, 0.2) is 0 Å². The number of ketones is 1. The molecular weight excluding hydrogens is 1900 g/mol. The van der Waals surface area contributed by atoms with Crippen LogP contribution >= 0.6 is 128 Å². The van der Waals surface area contributed by atoms with Crippen molar-refractivity contribution in [2.75, 3.05) is 173 Å². The molecule has 7 rings (SSSR count). The van der Waals surface area contributed by atoms with E-state index in [1.54, 1.807) is 48.5 Å². The van der Waals surface area contributed by atoms with E-state index in [4.69, 9.17) is 47.2 Å². The Balaban J connectivity index is -0.0000000871. The second kappa shape index (κ2) is 81.5. The number of benzene rings is 6. The van der Waals surface area contributed by atoms with Crippen LogP contribution in [0.1, 0.15) is 175 Å². The quantitative estimate of drug-likeness (QED) is 0.0202. The molecule has 1 heterocycles. The smallest absolute Gasteiger partial charge is 1.00 e. The molecule has 11 atom stereocenters. The van der Waals surface area contributed by atoms with Crippen molar-refractivity contribution < 1.29 is 89.6 Å². The number of hydrogen-bond acceptors (Lipinski definition) is 17. The topological polar surface area (TPSA) is 170 Å². The van der Waals surface area contributed by atoms with Gasteiger partial charge in [0.1, 0.15) is 40.3 Å². The van der Waals surface area contributed by atoms with Crippen LogP contribution in [0.4, 0.5) is 0 Å². The molecule has 17 nitrogen and oxygen atoms in total. The molecule has 123 heavy (non-hydrogen) atoms. The molecule has 3 unspecified atom stereocenters. The summed E-state index contributed by atoms with van der Waals surface area (Å²) in [6.45, 7) is 32.9. The molecule has 1 aliphatic heterocycles. The molecule has 0 aliphatic carbocycles. The standard InChI is InChI=1S/C15H24ClNO.2C15H25NO2.C15H25NO.C14H23NO.C7H7BrO.C7H15NO.C4H8O.B.BrH.Cl2OS.5ClH.Mg.Na.H2.3H/c1-6-15(16,12(2)11-17(3)4)13-8-7-9-14(10-13)18-5;2*1-6-15(17,12(2)11-16(3)4)13-8-7-9-14(10-13)18-5;1-6-15(12(2)11-16(3)4)13-8-7-9-14(10-13)17-5;1-5-14(11(2)10-15(3)4)12-7-6-8-13(16)9-12;1-9-7-4-2-3-6(8)5-7;1-6(7(2)9)5-8(3)4;1-2-4-5-3-1;;;1-4(2)3;;;;;;;;;;;/h7-10,12H,6,11H2,1-5H3;2*7-10,12,17H,6,11H2,1-5H3;7-10,12,15H,6,11H2,1-5H3;6-9,11,14,16H,5,10H2,1-4H3;2-5H,1H3;6H,5H2,1-4H3;1-4H2;;1H;;5*1H;;;1H;;;/q;;;;;;;;;;;;;;;;+2;+1;;3*-1/t2*12-,15+;;12-,15+;11-,14+;;;;;;;;;;;;;;;;;/m00.00................./s1/i;;;;;;;;;;;;;;;;;;1+2D;;;. The fourth-order valence-corrected chi connectivity index (χ4v) is 14.6. The number of aliphatic hydroxyl groups is 2. The van der Waals surface area contributed by atoms with E-state index in [2.05, 4.69) is 190 Å². The number of rotatable bonds is 33. The Morgan fingerprint density at radius 1 is 0.496 bits per heavy atom. The van der Waals surface area contributed by atoms with Crippen molar-refractivity contribution in [1.29, 1.82) is 0 Å². The minimum Gasteiger partial charge on any atom is -1.00 e. The van der Waals surface area contributed by atoms with Crippen molar-refractivity contribution >= 4 is 174 Å². The van der Waals surface area contributed by atoms with Crippen molar-refractivity contribution in [2.24, 2.45) is 35.5 Å². The first-order chi connectivity index (χ1) is 54.5. The fourth-order valence-electron chi connectivity index (χ4n) is 14.0. The summed E-state index contributed by atoms with van der Waals surface area (Å²) in [6.07, 6.45) is 7.11. The van der Waals surface area contributed by atoms with Crippen LogP contribution < -0.4 is 53.2 Å². The Kier molecular flexibility index (Phi) is 94.1. The molecule has 709 valence electrons. The van der Waals surface area contributed by atoms with Gasteiger partial charge in [-0.3, -0.25) is 4.79 Å². The number of carbonyl (C=O) groups excluding carboxylic acids is 1. The maximum atomic E-state index is 10.9. The minimum absolute atomic E-state index is 0. The van der Waals surface area contributed by atoms with Crippen LogP contribution in [-0.2, 0) is 34.8 Å². The number of methoxy groups -OCH3 is 5. The normalized spacial score (nSPS) is 14.2. The van der Waals surface area contributed by atoms with E-state index in [0.29, 0.717) is 48.2 Å². The molecule has 3 radical (unpaired) electrons. The van der Waals surface area contributed by atoms with Crippen LogP contribution in [0.2, 0.25) is 0 Å². The largest absolute Gasteiger partial charge is 2.00 e. The minimum atomic E-state index is -1.67. The van der Waals surface area contributed by atoms with Gasteiger partial charge >= 0.3 is 52.6 Å². The number of nitrogens with zero attached hydrogens (tertiary/aromatic N) is 6. The Bertz CT molecular complexity index is 3390. The summed E-state index contributed by atoms with van der Waals surface area (Å²) >= 11 is 10.2. The Hall–Kier alpha value is -1.31. The van der Waals surface area contributed by atoms with Gasteiger partial charge in [-0.15, -0.1) is 90.6 Å². The second-order valence-electron chi connectivity index (χ2n) is 31.3. The summed E-state index contributed by atoms with van der Waals surface area (Å²) in [4.78, 5) is 23.2. The van der Waals surface area contributed by atoms with Gasteiger partial charge in [0.2, 0.25) is 9.23 Å². The number of halogens is 10. The van der Waals surface area contributed by atoms with Gasteiger partial charge in [-0.05, 0) is 273 Å². The molecule has 0 bridgehead atoms. The van der Waals surface area contributed by atoms with E-state index < -0.39 is 20.4 Å². The third-order valence-corrected chi connectivity index (χ3v) is 21.5. The van der Waals surface area contributed by atoms with Gasteiger partial charge in [0.25, 0.3) is 0 Å². The third-order valence-electron chi connectivity index (χ3n) is 20.2. The predicted molar refractivity (Wildman–Crippen MR) is 553 cm³/mol. The summed E-state index contributed by atoms with van der Waals surface area (Å²) in [5.41, 5.74) is 4.02. The molecule has 6 aromatic rings. The number of Topliss-reactive ketones (excluding diaryl/α,β-unsaturated/α-hetero) is 1. The maximum absolute atomic E-state index is 10.9. The van der Waals surface area contributed by atoms with Crippen molar-refractivity contribution in [3.63, 3.8) is 0 Å². The molecule has 1 saturated heterocycles. The van der Waals surface area contributed by atoms with E-state index in [1.807, 2.05) is 177 Å². The molecule has 0 amide bonds. The number of ether oxygens (including phenoxy) is 6. The van der Waals surface area contributed by atoms with Crippen LogP contribution in [0.15, 0.2) is 150 Å². The van der Waals surface area contributed by atoms with Gasteiger partial charge in [0.05, 0.1) is 51.6 Å². The van der Waals surface area contributed by atoms with Gasteiger partial charge < -0.3 is 77.4 Å². The number of alkyl halides is 1. The third kappa shape index (κ3) is 61.2. The van der Waals surface area contributed by atoms with Crippen molar-refractivity contribution in [3.05, 3.63) is 178 Å². The van der Waals surface area contributed by atoms with Crippen LogP contribution in [-0.4, -0.2) is 259 Å². The van der Waals surface area contributed by atoms with Crippen molar-refractivity contribution in [3.8, 4) is 34.5 Å². The zero-order chi connectivity index (χ0) is 89.5. The number of carbonyl (C=O) groups is 1. The van der Waals surface area contributed by atoms with E-state index in [-0.39, 0.29) is 173 Å². The second-order valence-corrected chi connectivity index (χ2v) is 35.4. The van der Waals surface area contributed by atoms with Crippen LogP contribution in [0.25, 0.3) is 0 Å². The van der Waals surface area contributed by atoms with Crippen LogP contribution in [0, 0.1) is 35.5 Å². The number of phenolic OH excluding ortho intramolecular Hbond substituents is 1. The molecular formula is C92H163BBr2Cl8MgN6NaO11S. The Morgan fingerprint density at radius 3 is 1.04 bits per heavy atom. The zero-order valence-electron chi connectivity index (χ0n) is 85.0. The first-order valence-electron chi connectivity index (χ1n) is 41.0. The molecule has 1 fully saturated rings. The zero-order valence-corrected chi connectivity index (χ0v) is 93.9. The SMILES string of the molecule is Br.C1CCOC1.CC(=O)C(C)CN(C)C.CCC(O)(c1cccc(OC)c1)C(C)CN(C)C.CC[C@@H](c1cccc(O)c1)[C@@H](C)CN(C)C.CC[C@@H](c1cccc(OC)c1)[C@@H](C)CN(C)C.CC[C@](Cl)(c1cccc(OC)c1)[C@@H](C)CN(C)C.CC[C@](O)(c1cccc(OC)c1)[C@@H](C)CN(C)C.COc1cccc(Br)c1.Cl.Cl.Cl.Cl.Cl.O=S(Cl)Cl.[2H][3H].[B].[H-].[H-].[H-].[Mg+2].[Na+]. The molecule has 0 aromatic heterocycles. The van der Waals surface area contributed by atoms with E-state index in [9.17, 15) is 20.1 Å². The average molecular weight is 2070 g/mol. The van der Waals surface area contributed by atoms with Crippen molar-refractivity contribution in [2.45, 2.75) is 156 Å². The monoisotopic (exact) mass is 2060 g/mol. The van der Waals surface area contributed by atoms with E-state index in [1.165, 1.54) is 30.4 Å². The molecule has 0 saturated carbocycles. The summed E-state index contributed by atoms with van der Waals surface area (Å²) in [5, 5.41) is 31.4. The van der Waals surface area contributed by atoms with Gasteiger partial charge in [-0.2, -0.15) is 0 Å². The summed E-state index contributed by atoms with van der Waals surface area (Å²) in [7, 11) is 40.4. The summed E-state index contributed by atoms with van der Waals surface area (Å²) in [6, 6.07) is 47.4. The van der Waals surface area contributed by atoms with Crippen molar-refractivity contribution in [1.82, 2.24) is 29.4 Å². The predicted octanol–water partition coefficient (Wildman–Crippen LogP) is 19.8. The van der Waals surface area contributed by atoms with E-state index >= 15 is 0 Å². The number of aromatic hydroxyl groups is 1. The number of phenols is 1. The summed E-state index contributed by atoms with van der Waals surface area (Å²) < 4.78 is 51.1. The average Bonchev–Trinajstić information content (AvgIpc) is 0.853. The summed E-state index contributed by atoms with van der Waals surface area (Å²) in [5.74, 6) is 8.15. The molecule has 1 aliphatic rings. The fraction of sp³-hybridized carbons (Fsp3) is 0.598. The number of hydrogen-bond donors (Lipinski definition) is 3. The van der Waals surface area contributed by atoms with Gasteiger partial charge in [0, 0.05) is 107 Å². The molecule has 31 heteroatoms. The molecule has 3 N–H and O–H groups in total. The molecule has 6 aromatic carbocycles. The molecule has 0 spiro atoms. The first kappa shape index (κ1) is 142. The van der Waals surface area contributed by atoms with Gasteiger partial charge in [-0.1, -0.05) is 159 Å².